The highest BCUT2D eigenvalue weighted by atomic mass is 32.1. The molecule has 0 unspecified atom stereocenters. The van der Waals surface area contributed by atoms with Crippen LogP contribution in [0.3, 0.4) is 0 Å². The first kappa shape index (κ1) is 15.1. The van der Waals surface area contributed by atoms with Gasteiger partial charge in [-0.25, -0.2) is 4.98 Å². The highest BCUT2D eigenvalue weighted by Crippen LogP contribution is 2.30. The van der Waals surface area contributed by atoms with E-state index in [1.54, 1.807) is 4.90 Å². The van der Waals surface area contributed by atoms with E-state index in [4.69, 9.17) is 5.73 Å². The van der Waals surface area contributed by atoms with Gasteiger partial charge in [0.25, 0.3) is 5.91 Å². The summed E-state index contributed by atoms with van der Waals surface area (Å²) in [7, 11) is 1.82. The van der Waals surface area contributed by atoms with Gasteiger partial charge < -0.3 is 16.0 Å². The fourth-order valence-electron chi connectivity index (χ4n) is 2.00. The van der Waals surface area contributed by atoms with Gasteiger partial charge in [0.1, 0.15) is 10.7 Å². The van der Waals surface area contributed by atoms with Crippen LogP contribution in [-0.4, -0.2) is 35.4 Å². The van der Waals surface area contributed by atoms with E-state index in [-0.39, 0.29) is 5.91 Å². The highest BCUT2D eigenvalue weighted by molar-refractivity contribution is 7.18. The molecule has 2 rings (SSSR count). The molecule has 0 atom stereocenters. The van der Waals surface area contributed by atoms with Gasteiger partial charge in [-0.2, -0.15) is 0 Å². The van der Waals surface area contributed by atoms with Crippen molar-refractivity contribution in [2.45, 2.75) is 45.6 Å². The first-order valence-electron chi connectivity index (χ1n) is 7.25. The molecule has 0 aromatic carbocycles. The third-order valence-electron chi connectivity index (χ3n) is 3.67. The summed E-state index contributed by atoms with van der Waals surface area (Å²) in [5.41, 5.74) is 5.88. The average molecular weight is 296 g/mol. The second-order valence-corrected chi connectivity index (χ2v) is 6.91. The molecule has 1 aromatic heterocycles. The van der Waals surface area contributed by atoms with Crippen LogP contribution in [0.5, 0.6) is 0 Å². The normalized spacial score (nSPS) is 15.2. The number of carbonyl (C=O) groups is 1. The smallest absolute Gasteiger partial charge is 0.267 e. The van der Waals surface area contributed by atoms with Gasteiger partial charge in [-0.3, -0.25) is 4.79 Å². The van der Waals surface area contributed by atoms with Gasteiger partial charge in [-0.1, -0.05) is 25.2 Å². The maximum Gasteiger partial charge on any atom is 0.267 e. The number of thiazole rings is 1. The predicted octanol–water partition coefficient (Wildman–Crippen LogP) is 2.81. The lowest BCUT2D eigenvalue weighted by Crippen LogP contribution is -2.28. The predicted molar refractivity (Wildman–Crippen MR) is 84.2 cm³/mol. The lowest BCUT2D eigenvalue weighted by molar-refractivity contribution is 0.0794. The van der Waals surface area contributed by atoms with E-state index < -0.39 is 0 Å². The van der Waals surface area contributed by atoms with E-state index in [0.29, 0.717) is 22.7 Å². The molecule has 1 aliphatic carbocycles. The molecule has 5 nitrogen and oxygen atoms in total. The Labute approximate surface area is 124 Å². The van der Waals surface area contributed by atoms with Crippen molar-refractivity contribution in [2.75, 3.05) is 24.6 Å². The van der Waals surface area contributed by atoms with Crippen molar-refractivity contribution in [3.05, 3.63) is 4.88 Å². The zero-order chi connectivity index (χ0) is 14.7. The third kappa shape index (κ3) is 3.62. The van der Waals surface area contributed by atoms with Gasteiger partial charge in [0.15, 0.2) is 5.13 Å². The van der Waals surface area contributed by atoms with E-state index in [9.17, 15) is 4.79 Å². The standard InChI is InChI=1S/C14H24N4OS/c1-9(2)7-8-18(3)13(19)11-12(15)17-14(20-11)16-10-5-4-6-10/h9-10H,4-8,15H2,1-3H3,(H,16,17). The van der Waals surface area contributed by atoms with Crippen molar-refractivity contribution in [1.82, 2.24) is 9.88 Å². The number of aromatic nitrogens is 1. The van der Waals surface area contributed by atoms with E-state index in [2.05, 4.69) is 24.1 Å². The minimum atomic E-state index is -0.0256. The van der Waals surface area contributed by atoms with Crippen molar-refractivity contribution in [3.63, 3.8) is 0 Å². The highest BCUT2D eigenvalue weighted by Gasteiger charge is 2.23. The molecule has 0 saturated heterocycles. The molecule has 0 radical (unpaired) electrons. The Morgan fingerprint density at radius 3 is 2.80 bits per heavy atom. The Hall–Kier alpha value is -1.30. The number of rotatable bonds is 6. The van der Waals surface area contributed by atoms with Crippen LogP contribution in [-0.2, 0) is 0 Å². The van der Waals surface area contributed by atoms with Crippen LogP contribution >= 0.6 is 11.3 Å². The van der Waals surface area contributed by atoms with E-state index in [1.165, 1.54) is 30.6 Å². The largest absolute Gasteiger partial charge is 0.382 e. The number of amides is 1. The van der Waals surface area contributed by atoms with Gasteiger partial charge in [-0.05, 0) is 31.6 Å². The quantitative estimate of drug-likeness (QED) is 0.847. The van der Waals surface area contributed by atoms with Crippen LogP contribution < -0.4 is 11.1 Å². The van der Waals surface area contributed by atoms with Crippen LogP contribution in [0.1, 0.15) is 49.2 Å². The Morgan fingerprint density at radius 1 is 1.55 bits per heavy atom. The van der Waals surface area contributed by atoms with E-state index >= 15 is 0 Å². The van der Waals surface area contributed by atoms with Crippen LogP contribution in [0.15, 0.2) is 0 Å². The Morgan fingerprint density at radius 2 is 2.25 bits per heavy atom. The molecule has 0 bridgehead atoms. The molecule has 3 N–H and O–H groups in total. The molecule has 1 saturated carbocycles. The number of hydrogen-bond acceptors (Lipinski definition) is 5. The molecule has 1 fully saturated rings. The molecule has 1 aliphatic rings. The van der Waals surface area contributed by atoms with Crippen molar-refractivity contribution in [2.24, 2.45) is 5.92 Å². The third-order valence-corrected chi connectivity index (χ3v) is 4.66. The fraction of sp³-hybridized carbons (Fsp3) is 0.714. The zero-order valence-corrected chi connectivity index (χ0v) is 13.3. The number of nitrogen functional groups attached to an aromatic ring is 1. The summed E-state index contributed by atoms with van der Waals surface area (Å²) in [6.45, 7) is 5.05. The number of nitrogens with two attached hydrogens (primary N) is 1. The monoisotopic (exact) mass is 296 g/mol. The Bertz CT molecular complexity index is 468. The summed E-state index contributed by atoms with van der Waals surface area (Å²) >= 11 is 1.37. The number of hydrogen-bond donors (Lipinski definition) is 2. The topological polar surface area (TPSA) is 71.2 Å². The molecule has 112 valence electrons. The molecular weight excluding hydrogens is 272 g/mol. The van der Waals surface area contributed by atoms with E-state index in [0.717, 1.165) is 18.1 Å². The van der Waals surface area contributed by atoms with Gasteiger partial charge in [-0.15, -0.1) is 0 Å². The van der Waals surface area contributed by atoms with Gasteiger partial charge in [0.2, 0.25) is 0 Å². The molecule has 1 aromatic rings. The second kappa shape index (κ2) is 6.43. The van der Waals surface area contributed by atoms with E-state index in [1.807, 2.05) is 7.05 Å². The minimum Gasteiger partial charge on any atom is -0.382 e. The molecule has 6 heteroatoms. The van der Waals surface area contributed by atoms with Crippen LogP contribution in [0, 0.1) is 5.92 Å². The number of nitrogens with one attached hydrogen (secondary N) is 1. The first-order chi connectivity index (χ1) is 9.47. The van der Waals surface area contributed by atoms with Crippen molar-refractivity contribution >= 4 is 28.2 Å². The molecule has 20 heavy (non-hydrogen) atoms. The number of anilines is 2. The summed E-state index contributed by atoms with van der Waals surface area (Å²) in [6, 6.07) is 0.502. The maximum atomic E-state index is 12.3. The molecule has 0 spiro atoms. The van der Waals surface area contributed by atoms with Gasteiger partial charge in [0, 0.05) is 19.6 Å². The summed E-state index contributed by atoms with van der Waals surface area (Å²) in [5, 5.41) is 4.11. The number of carbonyl (C=O) groups excluding carboxylic acids is 1. The first-order valence-corrected chi connectivity index (χ1v) is 8.07. The van der Waals surface area contributed by atoms with Crippen LogP contribution in [0.25, 0.3) is 0 Å². The molecule has 1 amide bonds. The van der Waals surface area contributed by atoms with Crippen molar-refractivity contribution < 1.29 is 4.79 Å². The van der Waals surface area contributed by atoms with Crippen molar-refractivity contribution in [3.8, 4) is 0 Å². The number of nitrogens with zero attached hydrogens (tertiary/aromatic N) is 2. The molecule has 1 heterocycles. The van der Waals surface area contributed by atoms with Gasteiger partial charge >= 0.3 is 0 Å². The fourth-order valence-corrected chi connectivity index (χ4v) is 2.96. The SMILES string of the molecule is CC(C)CCN(C)C(=O)c1sc(NC2CCC2)nc1N. The molecular formula is C14H24N4OS. The lowest BCUT2D eigenvalue weighted by Gasteiger charge is -2.25. The van der Waals surface area contributed by atoms with Crippen LogP contribution in [0.2, 0.25) is 0 Å². The summed E-state index contributed by atoms with van der Waals surface area (Å²) in [4.78, 5) is 18.9. The zero-order valence-electron chi connectivity index (χ0n) is 12.5. The lowest BCUT2D eigenvalue weighted by atomic mass is 9.93. The maximum absolute atomic E-state index is 12.3. The Kier molecular flexibility index (Phi) is 4.86. The Balaban J connectivity index is 1.97. The minimum absolute atomic E-state index is 0.0256. The van der Waals surface area contributed by atoms with Gasteiger partial charge in [0.05, 0.1) is 0 Å². The average Bonchev–Trinajstić information content (AvgIpc) is 2.71. The van der Waals surface area contributed by atoms with Crippen molar-refractivity contribution in [1.29, 1.82) is 0 Å². The molecule has 0 aliphatic heterocycles. The summed E-state index contributed by atoms with van der Waals surface area (Å²) in [5.74, 6) is 0.903. The van der Waals surface area contributed by atoms with Crippen LogP contribution in [0.4, 0.5) is 10.9 Å². The summed E-state index contributed by atoms with van der Waals surface area (Å²) in [6.07, 6.45) is 4.62. The second-order valence-electron chi connectivity index (χ2n) is 5.91. The summed E-state index contributed by atoms with van der Waals surface area (Å²) < 4.78 is 0.